The van der Waals surface area contributed by atoms with Crippen LogP contribution in [0.15, 0.2) is 33.5 Å². The van der Waals surface area contributed by atoms with Crippen LogP contribution in [0.5, 0.6) is 0 Å². The normalized spacial score (nSPS) is 23.0. The molecule has 1 N–H and O–H groups in total. The number of hydrogen-bond acceptors (Lipinski definition) is 5. The first-order valence-electron chi connectivity index (χ1n) is 7.13. The minimum atomic E-state index is -0.173. The molecule has 22 heavy (non-hydrogen) atoms. The van der Waals surface area contributed by atoms with Crippen LogP contribution in [0.4, 0.5) is 5.95 Å². The molecule has 0 amide bonds. The number of nitrogens with zero attached hydrogens (tertiary/aromatic N) is 3. The van der Waals surface area contributed by atoms with Crippen LogP contribution in [-0.2, 0) is 4.79 Å². The van der Waals surface area contributed by atoms with E-state index in [0.29, 0.717) is 12.4 Å². The summed E-state index contributed by atoms with van der Waals surface area (Å²) in [5, 5.41) is 7.65. The maximum Gasteiger partial charge on any atom is 0.226 e. The molecule has 0 fully saturated rings. The van der Waals surface area contributed by atoms with E-state index in [0.717, 1.165) is 26.4 Å². The smallest absolute Gasteiger partial charge is 0.226 e. The molecule has 0 aromatic carbocycles. The van der Waals surface area contributed by atoms with Crippen molar-refractivity contribution in [1.29, 1.82) is 0 Å². The van der Waals surface area contributed by atoms with E-state index in [1.165, 1.54) is 6.33 Å². The topological polar surface area (TPSA) is 59.8 Å². The van der Waals surface area contributed by atoms with Crippen LogP contribution in [0.3, 0.4) is 0 Å². The van der Waals surface area contributed by atoms with E-state index in [1.54, 1.807) is 11.3 Å². The zero-order chi connectivity index (χ0) is 15.5. The number of fused-ring (bicyclic) bond motifs is 1. The van der Waals surface area contributed by atoms with Gasteiger partial charge in [-0.2, -0.15) is 10.1 Å². The molecule has 4 rings (SSSR count). The van der Waals surface area contributed by atoms with Crippen molar-refractivity contribution < 1.29 is 4.79 Å². The number of hydrogen-bond donors (Lipinski definition) is 1. The number of nitrogens with one attached hydrogen (secondary N) is 1. The third-order valence-corrected chi connectivity index (χ3v) is 5.81. The highest BCUT2D eigenvalue weighted by Gasteiger charge is 2.41. The fourth-order valence-electron chi connectivity index (χ4n) is 3.29. The molecule has 1 aliphatic heterocycles. The second-order valence-electron chi connectivity index (χ2n) is 6.53. The van der Waals surface area contributed by atoms with Crippen molar-refractivity contribution in [2.45, 2.75) is 32.7 Å². The van der Waals surface area contributed by atoms with E-state index < -0.39 is 0 Å². The molecule has 2 aliphatic rings. The van der Waals surface area contributed by atoms with Crippen LogP contribution in [0.1, 0.15) is 37.6 Å². The Morgan fingerprint density at radius 2 is 2.23 bits per heavy atom. The predicted octanol–water partition coefficient (Wildman–Crippen LogP) is 3.76. The molecular formula is C15H15BrN4OS. The third-order valence-electron chi connectivity index (χ3n) is 4.14. The number of thiophene rings is 1. The Hall–Kier alpha value is -1.47. The Kier molecular flexibility index (Phi) is 3.06. The summed E-state index contributed by atoms with van der Waals surface area (Å²) in [4.78, 5) is 18.2. The number of Topliss-reactive ketones (excluding diaryl/α,β-unsaturated/α-hetero) is 1. The van der Waals surface area contributed by atoms with Crippen LogP contribution in [-0.4, -0.2) is 20.5 Å². The van der Waals surface area contributed by atoms with Crippen molar-refractivity contribution in [2.24, 2.45) is 5.41 Å². The average Bonchev–Trinajstić information content (AvgIpc) is 3.03. The molecule has 0 saturated heterocycles. The van der Waals surface area contributed by atoms with Crippen LogP contribution in [0.25, 0.3) is 0 Å². The Labute approximate surface area is 140 Å². The standard InChI is InChI=1S/C15H15BrN4OS/c1-15(2)5-8-12(9(21)6-15)13(10-3-4-11(16)22-10)20-14(19-8)17-7-18-20/h3-4,7,13H,5-6H2,1-2H3,(H,17,18,19). The highest BCUT2D eigenvalue weighted by atomic mass is 79.9. The molecule has 114 valence electrons. The van der Waals surface area contributed by atoms with E-state index in [1.807, 2.05) is 16.8 Å². The number of halogens is 1. The summed E-state index contributed by atoms with van der Waals surface area (Å²) in [5.41, 5.74) is 1.81. The van der Waals surface area contributed by atoms with Gasteiger partial charge in [0.1, 0.15) is 12.4 Å². The highest BCUT2D eigenvalue weighted by Crippen LogP contribution is 2.46. The van der Waals surface area contributed by atoms with Gasteiger partial charge >= 0.3 is 0 Å². The Morgan fingerprint density at radius 3 is 2.95 bits per heavy atom. The van der Waals surface area contributed by atoms with Crippen molar-refractivity contribution in [1.82, 2.24) is 14.8 Å². The molecule has 0 bridgehead atoms. The molecule has 7 heteroatoms. The second kappa shape index (κ2) is 4.76. The Bertz CT molecular complexity index is 804. The first-order chi connectivity index (χ1) is 10.4. The molecule has 3 heterocycles. The molecule has 2 aromatic rings. The molecule has 1 atom stereocenters. The summed E-state index contributed by atoms with van der Waals surface area (Å²) >= 11 is 5.14. The number of carbonyl (C=O) groups is 1. The monoisotopic (exact) mass is 378 g/mol. The van der Waals surface area contributed by atoms with E-state index >= 15 is 0 Å². The maximum atomic E-state index is 12.8. The molecule has 0 spiro atoms. The Balaban J connectivity index is 1.90. The van der Waals surface area contributed by atoms with E-state index in [4.69, 9.17) is 0 Å². The lowest BCUT2D eigenvalue weighted by molar-refractivity contribution is -0.118. The predicted molar refractivity (Wildman–Crippen MR) is 88.9 cm³/mol. The van der Waals surface area contributed by atoms with Crippen molar-refractivity contribution in [3.8, 4) is 0 Å². The van der Waals surface area contributed by atoms with Gasteiger partial charge in [-0.25, -0.2) is 4.68 Å². The zero-order valence-corrected chi connectivity index (χ0v) is 14.7. The number of aromatic nitrogens is 3. The second-order valence-corrected chi connectivity index (χ2v) is 9.03. The van der Waals surface area contributed by atoms with Gasteiger partial charge in [0.05, 0.1) is 3.79 Å². The van der Waals surface area contributed by atoms with Gasteiger partial charge < -0.3 is 5.32 Å². The van der Waals surface area contributed by atoms with Gasteiger partial charge in [-0.1, -0.05) is 13.8 Å². The molecule has 0 radical (unpaired) electrons. The molecular weight excluding hydrogens is 364 g/mol. The lowest BCUT2D eigenvalue weighted by Crippen LogP contribution is -2.36. The van der Waals surface area contributed by atoms with Gasteiger partial charge in [0, 0.05) is 22.6 Å². The maximum absolute atomic E-state index is 12.8. The van der Waals surface area contributed by atoms with Crippen LogP contribution >= 0.6 is 27.3 Å². The summed E-state index contributed by atoms with van der Waals surface area (Å²) in [7, 11) is 0. The lowest BCUT2D eigenvalue weighted by Gasteiger charge is -2.37. The quantitative estimate of drug-likeness (QED) is 0.820. The lowest BCUT2D eigenvalue weighted by atomic mass is 9.73. The average molecular weight is 379 g/mol. The van der Waals surface area contributed by atoms with Crippen molar-refractivity contribution in [3.63, 3.8) is 0 Å². The minimum Gasteiger partial charge on any atom is -0.328 e. The summed E-state index contributed by atoms with van der Waals surface area (Å²) in [6.45, 7) is 4.26. The third kappa shape index (κ3) is 2.14. The van der Waals surface area contributed by atoms with Crippen molar-refractivity contribution >= 4 is 39.0 Å². The number of allylic oxidation sites excluding steroid dienone is 2. The molecule has 0 saturated carbocycles. The van der Waals surface area contributed by atoms with Gasteiger partial charge in [-0.15, -0.1) is 11.3 Å². The summed E-state index contributed by atoms with van der Waals surface area (Å²) in [5.74, 6) is 0.910. The summed E-state index contributed by atoms with van der Waals surface area (Å²) in [6, 6.07) is 3.89. The van der Waals surface area contributed by atoms with E-state index in [9.17, 15) is 4.79 Å². The van der Waals surface area contributed by atoms with E-state index in [-0.39, 0.29) is 17.2 Å². The Morgan fingerprint density at radius 1 is 1.41 bits per heavy atom. The van der Waals surface area contributed by atoms with Gasteiger partial charge in [0.2, 0.25) is 5.95 Å². The zero-order valence-electron chi connectivity index (χ0n) is 12.3. The summed E-state index contributed by atoms with van der Waals surface area (Å²) < 4.78 is 2.86. The summed E-state index contributed by atoms with van der Waals surface area (Å²) in [6.07, 6.45) is 2.95. The van der Waals surface area contributed by atoms with E-state index in [2.05, 4.69) is 45.2 Å². The number of ketones is 1. The number of rotatable bonds is 1. The van der Waals surface area contributed by atoms with Crippen molar-refractivity contribution in [2.75, 3.05) is 5.32 Å². The molecule has 1 aliphatic carbocycles. The first-order valence-corrected chi connectivity index (χ1v) is 8.73. The molecule has 5 nitrogen and oxygen atoms in total. The minimum absolute atomic E-state index is 0.0221. The van der Waals surface area contributed by atoms with Crippen LogP contribution in [0, 0.1) is 5.41 Å². The molecule has 1 unspecified atom stereocenters. The first kappa shape index (κ1) is 14.1. The van der Waals surface area contributed by atoms with Gasteiger partial charge in [0.15, 0.2) is 5.78 Å². The van der Waals surface area contributed by atoms with Crippen LogP contribution < -0.4 is 5.32 Å². The number of anilines is 1. The van der Waals surface area contributed by atoms with Crippen molar-refractivity contribution in [3.05, 3.63) is 38.4 Å². The fourth-order valence-corrected chi connectivity index (χ4v) is 4.81. The van der Waals surface area contributed by atoms with Gasteiger partial charge in [0.25, 0.3) is 0 Å². The van der Waals surface area contributed by atoms with Gasteiger partial charge in [-0.3, -0.25) is 4.79 Å². The SMILES string of the molecule is CC1(C)CC(=O)C2=C(C1)Nc1ncnn1C2c1ccc(Br)s1. The fraction of sp³-hybridized carbons (Fsp3) is 0.400. The van der Waals surface area contributed by atoms with Gasteiger partial charge in [-0.05, 0) is 39.9 Å². The van der Waals surface area contributed by atoms with Crippen LogP contribution in [0.2, 0.25) is 0 Å². The number of carbonyl (C=O) groups excluding carboxylic acids is 1. The molecule has 2 aromatic heterocycles. The largest absolute Gasteiger partial charge is 0.328 e. The highest BCUT2D eigenvalue weighted by molar-refractivity contribution is 9.11.